The number of rotatable bonds is 8. The minimum atomic E-state index is 0.453. The van der Waals surface area contributed by atoms with Gasteiger partial charge >= 0.3 is 0 Å². The quantitative estimate of drug-likeness (QED) is 0.771. The number of hydrogen-bond acceptors (Lipinski definition) is 4. The van der Waals surface area contributed by atoms with Gasteiger partial charge in [0.15, 0.2) is 0 Å². The van der Waals surface area contributed by atoms with Crippen molar-refractivity contribution in [3.8, 4) is 5.88 Å². The van der Waals surface area contributed by atoms with Crippen LogP contribution in [0.15, 0.2) is 12.4 Å². The van der Waals surface area contributed by atoms with E-state index in [2.05, 4.69) is 36.1 Å². The van der Waals surface area contributed by atoms with Gasteiger partial charge in [-0.15, -0.1) is 0 Å². The van der Waals surface area contributed by atoms with Crippen LogP contribution in [-0.2, 0) is 6.42 Å². The molecule has 1 atom stereocenters. The molecule has 0 saturated carbocycles. The molecule has 0 radical (unpaired) electrons. The van der Waals surface area contributed by atoms with Gasteiger partial charge in [-0.25, -0.2) is 9.97 Å². The van der Waals surface area contributed by atoms with Crippen LogP contribution in [0.4, 0.5) is 0 Å². The lowest BCUT2D eigenvalue weighted by Crippen LogP contribution is -2.36. The summed E-state index contributed by atoms with van der Waals surface area (Å²) in [5, 5.41) is 3.57. The summed E-state index contributed by atoms with van der Waals surface area (Å²) in [6, 6.07) is 2.39. The van der Waals surface area contributed by atoms with Gasteiger partial charge in [0.25, 0.3) is 0 Å². The van der Waals surface area contributed by atoms with Gasteiger partial charge in [0.1, 0.15) is 6.33 Å². The molecule has 0 aliphatic carbocycles. The second-order valence-corrected chi connectivity index (χ2v) is 4.79. The summed E-state index contributed by atoms with van der Waals surface area (Å²) in [5.41, 5.74) is 1.04. The molecule has 1 heterocycles. The van der Waals surface area contributed by atoms with Gasteiger partial charge < -0.3 is 10.1 Å². The van der Waals surface area contributed by atoms with Crippen molar-refractivity contribution >= 4 is 0 Å². The van der Waals surface area contributed by atoms with Crippen molar-refractivity contribution in [1.82, 2.24) is 15.3 Å². The molecular formula is C14H25N3O. The average Bonchev–Trinajstić information content (AvgIpc) is 2.35. The average molecular weight is 251 g/mol. The molecule has 4 nitrogen and oxygen atoms in total. The van der Waals surface area contributed by atoms with Gasteiger partial charge in [-0.05, 0) is 25.8 Å². The summed E-state index contributed by atoms with van der Waals surface area (Å²) in [5.74, 6) is 1.25. The smallest absolute Gasteiger partial charge is 0.216 e. The van der Waals surface area contributed by atoms with Crippen LogP contribution in [0.25, 0.3) is 0 Å². The summed E-state index contributed by atoms with van der Waals surface area (Å²) in [6.07, 6.45) is 3.65. The number of aromatic nitrogens is 2. The molecule has 18 heavy (non-hydrogen) atoms. The molecule has 0 saturated heterocycles. The molecule has 0 fully saturated rings. The fraction of sp³-hybridized carbons (Fsp3) is 0.714. The predicted molar refractivity (Wildman–Crippen MR) is 73.8 cm³/mol. The maximum absolute atomic E-state index is 5.40. The van der Waals surface area contributed by atoms with Crippen LogP contribution in [0.3, 0.4) is 0 Å². The van der Waals surface area contributed by atoms with Gasteiger partial charge in [0, 0.05) is 24.2 Å². The first-order chi connectivity index (χ1) is 8.67. The number of ether oxygens (including phenoxy) is 1. The monoisotopic (exact) mass is 251 g/mol. The number of hydrogen-bond donors (Lipinski definition) is 1. The van der Waals surface area contributed by atoms with E-state index in [1.54, 1.807) is 6.33 Å². The Morgan fingerprint density at radius 2 is 2.06 bits per heavy atom. The first-order valence-corrected chi connectivity index (χ1v) is 6.84. The highest BCUT2D eigenvalue weighted by Gasteiger charge is 2.14. The molecule has 1 rings (SSSR count). The fourth-order valence-electron chi connectivity index (χ4n) is 1.81. The van der Waals surface area contributed by atoms with E-state index in [0.717, 1.165) is 25.1 Å². The van der Waals surface area contributed by atoms with Gasteiger partial charge in [-0.1, -0.05) is 20.8 Å². The van der Waals surface area contributed by atoms with Crippen molar-refractivity contribution in [3.05, 3.63) is 18.1 Å². The standard InChI is InChI=1S/C14H25N3O/c1-5-7-15-13(11(3)4)8-12-9-14(18-6-2)17-10-16-12/h9-11,13,15H,5-8H2,1-4H3. The van der Waals surface area contributed by atoms with Crippen LogP contribution in [0.2, 0.25) is 0 Å². The van der Waals surface area contributed by atoms with Gasteiger partial charge in [0.2, 0.25) is 5.88 Å². The second kappa shape index (κ2) is 8.03. The Hall–Kier alpha value is -1.16. The largest absolute Gasteiger partial charge is 0.478 e. The zero-order valence-electron chi connectivity index (χ0n) is 11.9. The molecule has 1 N–H and O–H groups in total. The molecule has 4 heteroatoms. The van der Waals surface area contributed by atoms with E-state index >= 15 is 0 Å². The summed E-state index contributed by atoms with van der Waals surface area (Å²) in [4.78, 5) is 8.41. The van der Waals surface area contributed by atoms with Crippen molar-refractivity contribution in [2.45, 2.75) is 46.6 Å². The fourth-order valence-corrected chi connectivity index (χ4v) is 1.81. The predicted octanol–water partition coefficient (Wildman–Crippen LogP) is 2.44. The molecule has 1 unspecified atom stereocenters. The number of nitrogens with one attached hydrogen (secondary N) is 1. The third-order valence-corrected chi connectivity index (χ3v) is 2.88. The highest BCUT2D eigenvalue weighted by atomic mass is 16.5. The van der Waals surface area contributed by atoms with Crippen molar-refractivity contribution in [3.63, 3.8) is 0 Å². The maximum atomic E-state index is 5.40. The second-order valence-electron chi connectivity index (χ2n) is 4.79. The summed E-state index contributed by atoms with van der Waals surface area (Å²) in [7, 11) is 0. The van der Waals surface area contributed by atoms with Crippen LogP contribution in [0, 0.1) is 5.92 Å². The third kappa shape index (κ3) is 5.00. The maximum Gasteiger partial charge on any atom is 0.216 e. The molecular weight excluding hydrogens is 226 g/mol. The Labute approximate surface area is 110 Å². The Bertz CT molecular complexity index is 342. The first-order valence-electron chi connectivity index (χ1n) is 6.84. The minimum Gasteiger partial charge on any atom is -0.478 e. The summed E-state index contributed by atoms with van der Waals surface area (Å²) < 4.78 is 5.40. The van der Waals surface area contributed by atoms with Crippen LogP contribution < -0.4 is 10.1 Å². The van der Waals surface area contributed by atoms with Crippen molar-refractivity contribution in [1.29, 1.82) is 0 Å². The minimum absolute atomic E-state index is 0.453. The van der Waals surface area contributed by atoms with E-state index in [-0.39, 0.29) is 0 Å². The molecule has 1 aromatic rings. The van der Waals surface area contributed by atoms with E-state index in [1.807, 2.05) is 13.0 Å². The lowest BCUT2D eigenvalue weighted by Gasteiger charge is -2.22. The summed E-state index contributed by atoms with van der Waals surface area (Å²) in [6.45, 7) is 10.3. The molecule has 0 amide bonds. The molecule has 102 valence electrons. The summed E-state index contributed by atoms with van der Waals surface area (Å²) >= 11 is 0. The number of nitrogens with zero attached hydrogens (tertiary/aromatic N) is 2. The van der Waals surface area contributed by atoms with Gasteiger partial charge in [-0.3, -0.25) is 0 Å². The van der Waals surface area contributed by atoms with Crippen LogP contribution in [0.1, 0.15) is 39.8 Å². The van der Waals surface area contributed by atoms with E-state index in [0.29, 0.717) is 24.4 Å². The highest BCUT2D eigenvalue weighted by molar-refractivity contribution is 5.14. The van der Waals surface area contributed by atoms with Crippen molar-refractivity contribution < 1.29 is 4.74 Å². The van der Waals surface area contributed by atoms with E-state index in [9.17, 15) is 0 Å². The Balaban J connectivity index is 2.64. The zero-order chi connectivity index (χ0) is 13.4. The third-order valence-electron chi connectivity index (χ3n) is 2.88. The molecule has 0 aromatic carbocycles. The molecule has 1 aromatic heterocycles. The Kier molecular flexibility index (Phi) is 6.65. The first kappa shape index (κ1) is 14.9. The van der Waals surface area contributed by atoms with Gasteiger partial charge in [-0.2, -0.15) is 0 Å². The van der Waals surface area contributed by atoms with Gasteiger partial charge in [0.05, 0.1) is 6.61 Å². The molecule has 0 aliphatic heterocycles. The normalized spacial score (nSPS) is 12.7. The molecule has 0 spiro atoms. The van der Waals surface area contributed by atoms with Crippen LogP contribution in [0.5, 0.6) is 5.88 Å². The Morgan fingerprint density at radius 1 is 1.28 bits per heavy atom. The Morgan fingerprint density at radius 3 is 2.67 bits per heavy atom. The lowest BCUT2D eigenvalue weighted by atomic mass is 9.99. The molecule has 0 bridgehead atoms. The van der Waals surface area contributed by atoms with Crippen LogP contribution in [-0.4, -0.2) is 29.2 Å². The van der Waals surface area contributed by atoms with Crippen LogP contribution >= 0.6 is 0 Å². The zero-order valence-corrected chi connectivity index (χ0v) is 11.9. The topological polar surface area (TPSA) is 47.0 Å². The SMILES string of the molecule is CCCNC(Cc1cc(OCC)ncn1)C(C)C. The lowest BCUT2D eigenvalue weighted by molar-refractivity contribution is 0.324. The molecule has 0 aliphatic rings. The van der Waals surface area contributed by atoms with E-state index < -0.39 is 0 Å². The van der Waals surface area contributed by atoms with E-state index in [1.165, 1.54) is 0 Å². The van der Waals surface area contributed by atoms with Crippen molar-refractivity contribution in [2.75, 3.05) is 13.2 Å². The van der Waals surface area contributed by atoms with Crippen molar-refractivity contribution in [2.24, 2.45) is 5.92 Å². The van der Waals surface area contributed by atoms with E-state index in [4.69, 9.17) is 4.74 Å². The highest BCUT2D eigenvalue weighted by Crippen LogP contribution is 2.12.